The second-order valence-corrected chi connectivity index (χ2v) is 3.97. The van der Waals surface area contributed by atoms with Crippen LogP contribution >= 0.6 is 0 Å². The van der Waals surface area contributed by atoms with E-state index in [-0.39, 0.29) is 6.42 Å². The van der Waals surface area contributed by atoms with Gasteiger partial charge in [0.1, 0.15) is 5.60 Å². The van der Waals surface area contributed by atoms with Crippen molar-refractivity contribution in [3.05, 3.63) is 71.8 Å². The number of terminal acetylenes is 1. The van der Waals surface area contributed by atoms with E-state index in [0.717, 1.165) is 11.1 Å². The summed E-state index contributed by atoms with van der Waals surface area (Å²) in [4.78, 5) is 0. The van der Waals surface area contributed by atoms with E-state index in [0.29, 0.717) is 0 Å². The van der Waals surface area contributed by atoms with E-state index in [1.165, 1.54) is 0 Å². The molecular weight excluding hydrogens is 208 g/mol. The standard InChI is InChI=1S/C16H14O/c1-2-13-16(17,14-9-5-3-6-10-14)15-11-7-4-8-12-15/h1,3-12,17H,13H2. The Bertz CT molecular complexity index is 469. The number of hydrogen-bond acceptors (Lipinski definition) is 1. The Balaban J connectivity index is 2.52. The summed E-state index contributed by atoms with van der Waals surface area (Å²) in [6.07, 6.45) is 5.64. The molecule has 0 bridgehead atoms. The topological polar surface area (TPSA) is 20.2 Å². The third kappa shape index (κ3) is 2.22. The molecule has 0 radical (unpaired) electrons. The molecule has 2 aromatic rings. The van der Waals surface area contributed by atoms with Gasteiger partial charge >= 0.3 is 0 Å². The van der Waals surface area contributed by atoms with Gasteiger partial charge in [-0.1, -0.05) is 60.7 Å². The van der Waals surface area contributed by atoms with Gasteiger partial charge in [0.05, 0.1) is 0 Å². The van der Waals surface area contributed by atoms with Crippen LogP contribution in [0.4, 0.5) is 0 Å². The normalized spacial score (nSPS) is 10.8. The van der Waals surface area contributed by atoms with Crippen LogP contribution in [-0.4, -0.2) is 5.11 Å². The van der Waals surface area contributed by atoms with Gasteiger partial charge in [-0.25, -0.2) is 0 Å². The third-order valence-corrected chi connectivity index (χ3v) is 2.86. The Morgan fingerprint density at radius 1 is 0.882 bits per heavy atom. The molecule has 0 saturated heterocycles. The van der Waals surface area contributed by atoms with Crippen molar-refractivity contribution in [2.75, 3.05) is 0 Å². The van der Waals surface area contributed by atoms with Crippen LogP contribution in [0.3, 0.4) is 0 Å². The van der Waals surface area contributed by atoms with Crippen molar-refractivity contribution >= 4 is 0 Å². The molecule has 1 N–H and O–H groups in total. The minimum absolute atomic E-state index is 0.265. The van der Waals surface area contributed by atoms with Crippen LogP contribution in [0.1, 0.15) is 17.5 Å². The van der Waals surface area contributed by atoms with Gasteiger partial charge in [0.25, 0.3) is 0 Å². The fourth-order valence-corrected chi connectivity index (χ4v) is 1.95. The van der Waals surface area contributed by atoms with E-state index in [4.69, 9.17) is 6.42 Å². The SMILES string of the molecule is C#CCC(O)(c1ccccc1)c1ccccc1. The van der Waals surface area contributed by atoms with Gasteiger partial charge < -0.3 is 5.11 Å². The van der Waals surface area contributed by atoms with Crippen LogP contribution in [-0.2, 0) is 5.60 Å². The van der Waals surface area contributed by atoms with Crippen LogP contribution in [0.15, 0.2) is 60.7 Å². The lowest BCUT2D eigenvalue weighted by Crippen LogP contribution is -2.26. The number of benzene rings is 2. The Labute approximate surface area is 102 Å². The van der Waals surface area contributed by atoms with Crippen molar-refractivity contribution in [3.8, 4) is 12.3 Å². The predicted molar refractivity (Wildman–Crippen MR) is 69.3 cm³/mol. The highest BCUT2D eigenvalue weighted by Gasteiger charge is 2.30. The minimum atomic E-state index is -1.10. The number of aliphatic hydroxyl groups is 1. The average molecular weight is 222 g/mol. The lowest BCUT2D eigenvalue weighted by atomic mass is 9.84. The lowest BCUT2D eigenvalue weighted by molar-refractivity contribution is 0.0865. The van der Waals surface area contributed by atoms with Crippen LogP contribution in [0.25, 0.3) is 0 Å². The number of hydrogen-bond donors (Lipinski definition) is 1. The molecule has 0 aliphatic carbocycles. The van der Waals surface area contributed by atoms with E-state index >= 15 is 0 Å². The first-order valence-corrected chi connectivity index (χ1v) is 5.54. The zero-order valence-corrected chi connectivity index (χ0v) is 9.51. The van der Waals surface area contributed by atoms with Gasteiger partial charge in [-0.05, 0) is 11.1 Å². The van der Waals surface area contributed by atoms with Crippen LogP contribution in [0, 0.1) is 12.3 Å². The van der Waals surface area contributed by atoms with Crippen molar-refractivity contribution in [2.24, 2.45) is 0 Å². The van der Waals surface area contributed by atoms with Crippen LogP contribution in [0.2, 0.25) is 0 Å². The molecule has 0 atom stereocenters. The van der Waals surface area contributed by atoms with Crippen molar-refractivity contribution < 1.29 is 5.11 Å². The molecule has 84 valence electrons. The molecule has 0 spiro atoms. The maximum Gasteiger partial charge on any atom is 0.125 e. The highest BCUT2D eigenvalue weighted by atomic mass is 16.3. The molecule has 0 saturated carbocycles. The lowest BCUT2D eigenvalue weighted by Gasteiger charge is -2.27. The molecule has 0 heterocycles. The Morgan fingerprint density at radius 3 is 1.65 bits per heavy atom. The fraction of sp³-hybridized carbons (Fsp3) is 0.125. The third-order valence-electron chi connectivity index (χ3n) is 2.86. The summed E-state index contributed by atoms with van der Waals surface area (Å²) < 4.78 is 0. The number of rotatable bonds is 3. The zero-order chi connectivity index (χ0) is 12.1. The Hall–Kier alpha value is -2.04. The summed E-state index contributed by atoms with van der Waals surface area (Å²) in [5.74, 6) is 2.56. The van der Waals surface area contributed by atoms with Gasteiger partial charge in [0.15, 0.2) is 0 Å². The van der Waals surface area contributed by atoms with Gasteiger partial charge in [-0.15, -0.1) is 12.3 Å². The van der Waals surface area contributed by atoms with E-state index in [1.807, 2.05) is 60.7 Å². The van der Waals surface area contributed by atoms with E-state index in [2.05, 4.69) is 5.92 Å². The molecular formula is C16H14O. The van der Waals surface area contributed by atoms with E-state index < -0.39 is 5.60 Å². The molecule has 1 heteroatoms. The van der Waals surface area contributed by atoms with E-state index in [1.54, 1.807) is 0 Å². The first-order chi connectivity index (χ1) is 8.27. The first-order valence-electron chi connectivity index (χ1n) is 5.54. The van der Waals surface area contributed by atoms with Crippen molar-refractivity contribution in [3.63, 3.8) is 0 Å². The van der Waals surface area contributed by atoms with Crippen molar-refractivity contribution in [1.29, 1.82) is 0 Å². The molecule has 0 aromatic heterocycles. The minimum Gasteiger partial charge on any atom is -0.379 e. The largest absolute Gasteiger partial charge is 0.379 e. The van der Waals surface area contributed by atoms with E-state index in [9.17, 15) is 5.11 Å². The maximum absolute atomic E-state index is 10.8. The molecule has 2 aromatic carbocycles. The summed E-state index contributed by atoms with van der Waals surface area (Å²) >= 11 is 0. The van der Waals surface area contributed by atoms with Crippen LogP contribution < -0.4 is 0 Å². The van der Waals surface area contributed by atoms with Gasteiger partial charge in [-0.3, -0.25) is 0 Å². The smallest absolute Gasteiger partial charge is 0.125 e. The molecule has 0 amide bonds. The maximum atomic E-state index is 10.8. The Morgan fingerprint density at radius 2 is 1.29 bits per heavy atom. The summed E-state index contributed by atoms with van der Waals surface area (Å²) in [6, 6.07) is 19.0. The predicted octanol–water partition coefficient (Wildman–Crippen LogP) is 2.95. The highest BCUT2D eigenvalue weighted by Crippen LogP contribution is 2.32. The molecule has 1 nitrogen and oxygen atoms in total. The van der Waals surface area contributed by atoms with Gasteiger partial charge in [0, 0.05) is 6.42 Å². The molecule has 17 heavy (non-hydrogen) atoms. The average Bonchev–Trinajstić information content (AvgIpc) is 2.41. The van der Waals surface area contributed by atoms with Gasteiger partial charge in [-0.2, -0.15) is 0 Å². The molecule has 0 fully saturated rings. The summed E-state index contributed by atoms with van der Waals surface area (Å²) in [7, 11) is 0. The van der Waals surface area contributed by atoms with Gasteiger partial charge in [0.2, 0.25) is 0 Å². The fourth-order valence-electron chi connectivity index (χ4n) is 1.95. The van der Waals surface area contributed by atoms with Crippen molar-refractivity contribution in [1.82, 2.24) is 0 Å². The second-order valence-electron chi connectivity index (χ2n) is 3.97. The molecule has 0 aliphatic heterocycles. The Kier molecular flexibility index (Phi) is 3.27. The summed E-state index contributed by atoms with van der Waals surface area (Å²) in [5, 5.41) is 10.8. The summed E-state index contributed by atoms with van der Waals surface area (Å²) in [5.41, 5.74) is 0.547. The second kappa shape index (κ2) is 4.86. The quantitative estimate of drug-likeness (QED) is 0.792. The van der Waals surface area contributed by atoms with Crippen LogP contribution in [0.5, 0.6) is 0 Å². The molecule has 0 aliphatic rings. The van der Waals surface area contributed by atoms with Crippen molar-refractivity contribution in [2.45, 2.75) is 12.0 Å². The first kappa shape index (κ1) is 11.4. The summed E-state index contributed by atoms with van der Waals surface area (Å²) in [6.45, 7) is 0. The zero-order valence-electron chi connectivity index (χ0n) is 9.51. The molecule has 0 unspecified atom stereocenters. The highest BCUT2D eigenvalue weighted by molar-refractivity contribution is 5.37. The monoisotopic (exact) mass is 222 g/mol. The molecule has 2 rings (SSSR count).